The Kier molecular flexibility index (Phi) is 4.51. The molecule has 26 heavy (non-hydrogen) atoms. The van der Waals surface area contributed by atoms with Crippen molar-refractivity contribution >= 4 is 5.91 Å². The summed E-state index contributed by atoms with van der Waals surface area (Å²) in [4.78, 5) is 16.6. The molecule has 1 aliphatic heterocycles. The molecule has 0 unspecified atom stereocenters. The third-order valence-corrected chi connectivity index (χ3v) is 4.25. The summed E-state index contributed by atoms with van der Waals surface area (Å²) in [7, 11) is 0. The lowest BCUT2D eigenvalue weighted by Gasteiger charge is -2.07. The standard InChI is InChI=1S/C21H18N2O3/c24-21(23-9-8-15-4-2-1-3-5-15)18-10-17(12-22-13-18)16-6-7-19-20(11-16)26-14-25-19/h1-7,10-13H,8-9,14H2,(H,23,24). The molecule has 0 radical (unpaired) electrons. The van der Waals surface area contributed by atoms with Gasteiger partial charge in [0.1, 0.15) is 0 Å². The van der Waals surface area contributed by atoms with Gasteiger partial charge in [-0.2, -0.15) is 0 Å². The largest absolute Gasteiger partial charge is 0.454 e. The van der Waals surface area contributed by atoms with E-state index >= 15 is 0 Å². The zero-order valence-corrected chi connectivity index (χ0v) is 14.1. The van der Waals surface area contributed by atoms with Gasteiger partial charge < -0.3 is 14.8 Å². The van der Waals surface area contributed by atoms with E-state index in [2.05, 4.69) is 10.3 Å². The van der Waals surface area contributed by atoms with Gasteiger partial charge >= 0.3 is 0 Å². The van der Waals surface area contributed by atoms with Crippen molar-refractivity contribution in [1.29, 1.82) is 0 Å². The maximum absolute atomic E-state index is 12.4. The molecule has 3 aromatic rings. The average molecular weight is 346 g/mol. The van der Waals surface area contributed by atoms with Crippen molar-refractivity contribution < 1.29 is 14.3 Å². The molecule has 0 bridgehead atoms. The number of nitrogens with zero attached hydrogens (tertiary/aromatic N) is 1. The van der Waals surface area contributed by atoms with Gasteiger partial charge in [0.05, 0.1) is 5.56 Å². The number of carbonyl (C=O) groups excluding carboxylic acids is 1. The van der Waals surface area contributed by atoms with Crippen LogP contribution >= 0.6 is 0 Å². The summed E-state index contributed by atoms with van der Waals surface area (Å²) in [5, 5.41) is 2.94. The third kappa shape index (κ3) is 3.52. The van der Waals surface area contributed by atoms with Crippen LogP contribution in [-0.2, 0) is 6.42 Å². The van der Waals surface area contributed by atoms with Gasteiger partial charge in [-0.1, -0.05) is 36.4 Å². The summed E-state index contributed by atoms with van der Waals surface area (Å²) in [5.74, 6) is 1.31. The minimum absolute atomic E-state index is 0.129. The summed E-state index contributed by atoms with van der Waals surface area (Å²) >= 11 is 0. The van der Waals surface area contributed by atoms with Gasteiger partial charge in [-0.05, 0) is 35.7 Å². The van der Waals surface area contributed by atoms with Gasteiger partial charge in [-0.15, -0.1) is 0 Å². The maximum Gasteiger partial charge on any atom is 0.252 e. The molecule has 5 nitrogen and oxygen atoms in total. The summed E-state index contributed by atoms with van der Waals surface area (Å²) < 4.78 is 10.7. The van der Waals surface area contributed by atoms with Crippen molar-refractivity contribution in [3.05, 3.63) is 78.1 Å². The molecule has 0 spiro atoms. The molecule has 0 aliphatic carbocycles. The van der Waals surface area contributed by atoms with Crippen LogP contribution in [0.3, 0.4) is 0 Å². The van der Waals surface area contributed by atoms with Crippen molar-refractivity contribution in [1.82, 2.24) is 10.3 Å². The molecule has 2 aromatic carbocycles. The number of hydrogen-bond donors (Lipinski definition) is 1. The number of fused-ring (bicyclic) bond motifs is 1. The Morgan fingerprint density at radius 3 is 2.69 bits per heavy atom. The first-order valence-corrected chi connectivity index (χ1v) is 8.47. The fraction of sp³-hybridized carbons (Fsp3) is 0.143. The van der Waals surface area contributed by atoms with Gasteiger partial charge in [0.15, 0.2) is 11.5 Å². The lowest BCUT2D eigenvalue weighted by Crippen LogP contribution is -2.25. The van der Waals surface area contributed by atoms with Crippen LogP contribution in [0, 0.1) is 0 Å². The fourth-order valence-corrected chi connectivity index (χ4v) is 2.87. The van der Waals surface area contributed by atoms with Crippen LogP contribution in [-0.4, -0.2) is 24.2 Å². The van der Waals surface area contributed by atoms with E-state index in [-0.39, 0.29) is 12.7 Å². The second kappa shape index (κ2) is 7.27. The molecule has 2 heterocycles. The Labute approximate surface area is 151 Å². The normalized spacial score (nSPS) is 12.0. The molecule has 0 saturated heterocycles. The van der Waals surface area contributed by atoms with Crippen LogP contribution in [0.4, 0.5) is 0 Å². The number of ether oxygens (including phenoxy) is 2. The van der Waals surface area contributed by atoms with E-state index in [0.717, 1.165) is 23.3 Å². The number of rotatable bonds is 5. The molecule has 1 amide bonds. The Bertz CT molecular complexity index is 926. The molecule has 1 N–H and O–H groups in total. The number of aromatic nitrogens is 1. The Morgan fingerprint density at radius 2 is 1.81 bits per heavy atom. The van der Waals surface area contributed by atoms with Crippen LogP contribution in [0.2, 0.25) is 0 Å². The van der Waals surface area contributed by atoms with Crippen LogP contribution in [0.25, 0.3) is 11.1 Å². The van der Waals surface area contributed by atoms with Crippen molar-refractivity contribution in [2.75, 3.05) is 13.3 Å². The van der Waals surface area contributed by atoms with Crippen LogP contribution in [0.5, 0.6) is 11.5 Å². The molecule has 1 aromatic heterocycles. The second-order valence-corrected chi connectivity index (χ2v) is 6.02. The van der Waals surface area contributed by atoms with Crippen molar-refractivity contribution in [3.63, 3.8) is 0 Å². The van der Waals surface area contributed by atoms with E-state index in [0.29, 0.717) is 17.9 Å². The predicted octanol–water partition coefficient (Wildman–Crippen LogP) is 3.45. The summed E-state index contributed by atoms with van der Waals surface area (Å²) in [6, 6.07) is 17.6. The minimum Gasteiger partial charge on any atom is -0.454 e. The smallest absolute Gasteiger partial charge is 0.252 e. The van der Waals surface area contributed by atoms with Gasteiger partial charge in [-0.25, -0.2) is 0 Å². The highest BCUT2D eigenvalue weighted by Crippen LogP contribution is 2.35. The van der Waals surface area contributed by atoms with Gasteiger partial charge in [0, 0.05) is 24.5 Å². The maximum atomic E-state index is 12.4. The first-order chi connectivity index (χ1) is 12.8. The molecule has 130 valence electrons. The first kappa shape index (κ1) is 16.1. The highest BCUT2D eigenvalue weighted by molar-refractivity contribution is 5.95. The monoisotopic (exact) mass is 346 g/mol. The topological polar surface area (TPSA) is 60.5 Å². The SMILES string of the molecule is O=C(NCCc1ccccc1)c1cncc(-c2ccc3c(c2)OCO3)c1. The lowest BCUT2D eigenvalue weighted by atomic mass is 10.1. The Balaban J connectivity index is 1.44. The Morgan fingerprint density at radius 1 is 0.962 bits per heavy atom. The quantitative estimate of drug-likeness (QED) is 0.769. The van der Waals surface area contributed by atoms with Crippen molar-refractivity contribution in [2.24, 2.45) is 0 Å². The molecule has 5 heteroatoms. The van der Waals surface area contributed by atoms with Gasteiger partial charge in [0.25, 0.3) is 5.91 Å². The number of hydrogen-bond acceptors (Lipinski definition) is 4. The fourth-order valence-electron chi connectivity index (χ4n) is 2.87. The molecule has 4 rings (SSSR count). The first-order valence-electron chi connectivity index (χ1n) is 8.47. The zero-order chi connectivity index (χ0) is 17.8. The van der Waals surface area contributed by atoms with Crippen LogP contribution < -0.4 is 14.8 Å². The summed E-state index contributed by atoms with van der Waals surface area (Å²) in [6.07, 6.45) is 4.11. The second-order valence-electron chi connectivity index (χ2n) is 6.02. The number of carbonyl (C=O) groups is 1. The highest BCUT2D eigenvalue weighted by atomic mass is 16.7. The number of nitrogens with one attached hydrogen (secondary N) is 1. The molecule has 0 saturated carbocycles. The average Bonchev–Trinajstić information content (AvgIpc) is 3.16. The predicted molar refractivity (Wildman–Crippen MR) is 98.3 cm³/mol. The summed E-state index contributed by atoms with van der Waals surface area (Å²) in [6.45, 7) is 0.817. The van der Waals surface area contributed by atoms with Crippen molar-refractivity contribution in [2.45, 2.75) is 6.42 Å². The van der Waals surface area contributed by atoms with E-state index < -0.39 is 0 Å². The van der Waals surface area contributed by atoms with E-state index in [1.54, 1.807) is 12.4 Å². The third-order valence-electron chi connectivity index (χ3n) is 4.25. The van der Waals surface area contributed by atoms with E-state index in [1.807, 2.05) is 54.6 Å². The lowest BCUT2D eigenvalue weighted by molar-refractivity contribution is 0.0954. The Hall–Kier alpha value is -3.34. The van der Waals surface area contributed by atoms with E-state index in [4.69, 9.17) is 9.47 Å². The number of amides is 1. The summed E-state index contributed by atoms with van der Waals surface area (Å²) in [5.41, 5.74) is 3.52. The molecule has 1 aliphatic rings. The van der Waals surface area contributed by atoms with Gasteiger partial charge in [-0.3, -0.25) is 9.78 Å². The van der Waals surface area contributed by atoms with Gasteiger partial charge in [0.2, 0.25) is 6.79 Å². The number of pyridine rings is 1. The van der Waals surface area contributed by atoms with Crippen LogP contribution in [0.15, 0.2) is 67.0 Å². The molecule has 0 atom stereocenters. The van der Waals surface area contributed by atoms with Crippen LogP contribution in [0.1, 0.15) is 15.9 Å². The van der Waals surface area contributed by atoms with Crippen molar-refractivity contribution in [3.8, 4) is 22.6 Å². The minimum atomic E-state index is -0.129. The molecular formula is C21H18N2O3. The molecule has 0 fully saturated rings. The van der Waals surface area contributed by atoms with E-state index in [9.17, 15) is 4.79 Å². The molecular weight excluding hydrogens is 328 g/mol. The number of benzene rings is 2. The van der Waals surface area contributed by atoms with E-state index in [1.165, 1.54) is 5.56 Å². The highest BCUT2D eigenvalue weighted by Gasteiger charge is 2.15. The zero-order valence-electron chi connectivity index (χ0n) is 14.1.